The number of benzene rings is 2. The van der Waals surface area contributed by atoms with Gasteiger partial charge in [-0.15, -0.1) is 0 Å². The van der Waals surface area contributed by atoms with Crippen molar-refractivity contribution in [1.82, 2.24) is 15.3 Å². The molecule has 0 spiro atoms. The quantitative estimate of drug-likeness (QED) is 0.676. The summed E-state index contributed by atoms with van der Waals surface area (Å²) in [7, 11) is 0. The molecule has 9 heteroatoms. The lowest BCUT2D eigenvalue weighted by molar-refractivity contribution is -0.137. The number of nitrogens with one attached hydrogen (secondary N) is 2. The highest BCUT2D eigenvalue weighted by Gasteiger charge is 2.36. The van der Waals surface area contributed by atoms with Gasteiger partial charge < -0.3 is 10.3 Å². The van der Waals surface area contributed by atoms with Crippen molar-refractivity contribution >= 4 is 22.8 Å². The predicted molar refractivity (Wildman–Crippen MR) is 86.1 cm³/mol. The van der Waals surface area contributed by atoms with Gasteiger partial charge in [0.05, 0.1) is 29.0 Å². The summed E-state index contributed by atoms with van der Waals surface area (Å²) >= 11 is 0. The van der Waals surface area contributed by atoms with Gasteiger partial charge in [0, 0.05) is 12.2 Å². The fraction of sp³-hybridized carbons (Fsp3) is 0.176. The lowest BCUT2D eigenvalue weighted by atomic mass is 10.0. The minimum Gasteiger partial charge on any atom is -0.345 e. The zero-order chi connectivity index (χ0) is 18.5. The number of hydrogen-bond donors (Lipinski definition) is 2. The molecule has 2 aromatic carbocycles. The molecule has 2 N–H and O–H groups in total. The molecule has 1 unspecified atom stereocenters. The van der Waals surface area contributed by atoms with Gasteiger partial charge in [0.25, 0.3) is 0 Å². The monoisotopic (exact) mass is 364 g/mol. The summed E-state index contributed by atoms with van der Waals surface area (Å²) in [5.41, 5.74) is 0.821. The Morgan fingerprint density at radius 1 is 1.15 bits per heavy atom. The summed E-state index contributed by atoms with van der Waals surface area (Å²) in [5, 5.41) is 2.59. The smallest absolute Gasteiger partial charge is 0.345 e. The lowest BCUT2D eigenvalue weighted by Crippen LogP contribution is -2.29. The van der Waals surface area contributed by atoms with Crippen molar-refractivity contribution in [3.8, 4) is 0 Å². The molecular formula is C17H12F4N4O. The van der Waals surface area contributed by atoms with Crippen molar-refractivity contribution in [3.05, 3.63) is 59.7 Å². The van der Waals surface area contributed by atoms with E-state index in [1.807, 2.05) is 0 Å². The Hall–Kier alpha value is -3.10. The van der Waals surface area contributed by atoms with E-state index in [0.29, 0.717) is 22.8 Å². The first-order valence-corrected chi connectivity index (χ1v) is 7.71. The minimum absolute atomic E-state index is 0.0698. The standard InChI is InChI=1S/C17H12F4N4O/c18-11-4-9(3-10(5-11)17(19,20)21)15-7-22-16(26)25(15)12-1-2-13-14(6-12)24-8-23-13/h1-6,8,15H,7H2,(H,22,26)(H,23,24). The summed E-state index contributed by atoms with van der Waals surface area (Å²) in [6.45, 7) is 0.0700. The van der Waals surface area contributed by atoms with Crippen LogP contribution in [0.15, 0.2) is 42.7 Å². The van der Waals surface area contributed by atoms with Gasteiger partial charge in [0.1, 0.15) is 5.82 Å². The van der Waals surface area contributed by atoms with Crippen LogP contribution in [-0.4, -0.2) is 22.5 Å². The van der Waals surface area contributed by atoms with Crippen molar-refractivity contribution in [2.45, 2.75) is 12.2 Å². The molecule has 1 fully saturated rings. The van der Waals surface area contributed by atoms with E-state index in [1.54, 1.807) is 18.2 Å². The van der Waals surface area contributed by atoms with E-state index >= 15 is 0 Å². The van der Waals surface area contributed by atoms with E-state index in [4.69, 9.17) is 0 Å². The molecule has 134 valence electrons. The van der Waals surface area contributed by atoms with E-state index in [2.05, 4.69) is 15.3 Å². The first kappa shape index (κ1) is 16.4. The van der Waals surface area contributed by atoms with Gasteiger partial charge in [-0.2, -0.15) is 13.2 Å². The Bertz CT molecular complexity index is 998. The number of anilines is 1. The summed E-state index contributed by atoms with van der Waals surface area (Å²) in [5.74, 6) is -1.00. The van der Waals surface area contributed by atoms with Gasteiger partial charge in [0.2, 0.25) is 0 Å². The number of amides is 2. The van der Waals surface area contributed by atoms with Crippen LogP contribution in [0.1, 0.15) is 17.2 Å². The van der Waals surface area contributed by atoms with Crippen LogP contribution in [0.5, 0.6) is 0 Å². The topological polar surface area (TPSA) is 61.0 Å². The zero-order valence-electron chi connectivity index (χ0n) is 13.1. The maximum absolute atomic E-state index is 13.8. The molecule has 3 aromatic rings. The van der Waals surface area contributed by atoms with Crippen LogP contribution < -0.4 is 10.2 Å². The van der Waals surface area contributed by atoms with E-state index in [-0.39, 0.29) is 12.1 Å². The highest BCUT2D eigenvalue weighted by Crippen LogP contribution is 2.36. The molecule has 2 heterocycles. The number of carbonyl (C=O) groups excluding carboxylic acids is 1. The molecule has 1 saturated heterocycles. The predicted octanol–water partition coefficient (Wildman–Crippen LogP) is 3.99. The zero-order valence-corrected chi connectivity index (χ0v) is 13.1. The number of fused-ring (bicyclic) bond motifs is 1. The van der Waals surface area contributed by atoms with Crippen LogP contribution in [0.4, 0.5) is 28.0 Å². The SMILES string of the molecule is O=C1NCC(c2cc(F)cc(C(F)(F)F)c2)N1c1ccc2nc[nH]c2c1. The summed E-state index contributed by atoms with van der Waals surface area (Å²) in [6.07, 6.45) is -3.18. The molecule has 2 amide bonds. The molecule has 1 aliphatic heterocycles. The van der Waals surface area contributed by atoms with Crippen LogP contribution in [0, 0.1) is 5.82 Å². The average molecular weight is 364 g/mol. The molecule has 0 saturated carbocycles. The van der Waals surface area contributed by atoms with Crippen LogP contribution in [0.2, 0.25) is 0 Å². The molecule has 4 rings (SSSR count). The first-order valence-electron chi connectivity index (χ1n) is 7.71. The van der Waals surface area contributed by atoms with Crippen molar-refractivity contribution in [2.75, 3.05) is 11.4 Å². The third-order valence-electron chi connectivity index (χ3n) is 4.29. The van der Waals surface area contributed by atoms with Crippen molar-refractivity contribution < 1.29 is 22.4 Å². The highest BCUT2D eigenvalue weighted by atomic mass is 19.4. The van der Waals surface area contributed by atoms with Crippen LogP contribution in [0.3, 0.4) is 0 Å². The number of alkyl halides is 3. The van der Waals surface area contributed by atoms with Crippen molar-refractivity contribution in [3.63, 3.8) is 0 Å². The highest BCUT2D eigenvalue weighted by molar-refractivity contribution is 5.97. The molecule has 1 atom stereocenters. The fourth-order valence-electron chi connectivity index (χ4n) is 3.11. The summed E-state index contributed by atoms with van der Waals surface area (Å²) < 4.78 is 52.8. The second-order valence-electron chi connectivity index (χ2n) is 5.95. The Morgan fingerprint density at radius 2 is 1.96 bits per heavy atom. The molecule has 0 radical (unpaired) electrons. The van der Waals surface area contributed by atoms with Gasteiger partial charge in [-0.3, -0.25) is 4.90 Å². The van der Waals surface area contributed by atoms with Crippen molar-refractivity contribution in [1.29, 1.82) is 0 Å². The minimum atomic E-state index is -4.67. The molecule has 0 aliphatic carbocycles. The van der Waals surface area contributed by atoms with E-state index in [0.717, 1.165) is 12.1 Å². The molecule has 0 bridgehead atoms. The van der Waals surface area contributed by atoms with E-state index in [1.165, 1.54) is 11.2 Å². The maximum Gasteiger partial charge on any atom is 0.416 e. The molecular weight excluding hydrogens is 352 g/mol. The Kier molecular flexibility index (Phi) is 3.60. The van der Waals surface area contributed by atoms with Gasteiger partial charge in [-0.1, -0.05) is 0 Å². The number of nitrogens with zero attached hydrogens (tertiary/aromatic N) is 2. The van der Waals surface area contributed by atoms with Crippen LogP contribution >= 0.6 is 0 Å². The number of urea groups is 1. The number of halogens is 4. The second kappa shape index (κ2) is 5.72. The molecule has 5 nitrogen and oxygen atoms in total. The van der Waals surface area contributed by atoms with Crippen molar-refractivity contribution in [2.24, 2.45) is 0 Å². The number of imidazole rings is 1. The average Bonchev–Trinajstić information content (AvgIpc) is 3.18. The first-order chi connectivity index (χ1) is 12.3. The normalized spacial score (nSPS) is 17.8. The molecule has 26 heavy (non-hydrogen) atoms. The van der Waals surface area contributed by atoms with E-state index in [9.17, 15) is 22.4 Å². The molecule has 1 aromatic heterocycles. The van der Waals surface area contributed by atoms with Gasteiger partial charge in [-0.25, -0.2) is 14.2 Å². The second-order valence-corrected chi connectivity index (χ2v) is 5.95. The Balaban J connectivity index is 1.78. The van der Waals surface area contributed by atoms with Crippen LogP contribution in [0.25, 0.3) is 11.0 Å². The third-order valence-corrected chi connectivity index (χ3v) is 4.29. The number of aromatic amines is 1. The third kappa shape index (κ3) is 2.75. The number of H-pyrrole nitrogens is 1. The number of aromatic nitrogens is 2. The summed E-state index contributed by atoms with van der Waals surface area (Å²) in [6, 6.07) is 6.10. The Morgan fingerprint density at radius 3 is 2.73 bits per heavy atom. The van der Waals surface area contributed by atoms with Gasteiger partial charge >= 0.3 is 12.2 Å². The van der Waals surface area contributed by atoms with Gasteiger partial charge in [-0.05, 0) is 42.0 Å². The summed E-state index contributed by atoms with van der Waals surface area (Å²) in [4.78, 5) is 20.6. The van der Waals surface area contributed by atoms with Crippen LogP contribution in [-0.2, 0) is 6.18 Å². The van der Waals surface area contributed by atoms with E-state index < -0.39 is 29.6 Å². The lowest BCUT2D eigenvalue weighted by Gasteiger charge is -2.24. The maximum atomic E-state index is 13.8. The van der Waals surface area contributed by atoms with Gasteiger partial charge in [0.15, 0.2) is 0 Å². The number of hydrogen-bond acceptors (Lipinski definition) is 2. The molecule has 1 aliphatic rings. The Labute approximate surface area is 144 Å². The number of rotatable bonds is 2. The largest absolute Gasteiger partial charge is 0.416 e. The number of carbonyl (C=O) groups is 1. The fourth-order valence-corrected chi connectivity index (χ4v) is 3.11.